The van der Waals surface area contributed by atoms with Gasteiger partial charge in [-0.3, -0.25) is 14.4 Å². The fourth-order valence-electron chi connectivity index (χ4n) is 4.02. The molecule has 32 heavy (non-hydrogen) atoms. The molecule has 0 fully saturated rings. The summed E-state index contributed by atoms with van der Waals surface area (Å²) >= 11 is 0. The fraction of sp³-hybridized carbons (Fsp3) is 0.115. The summed E-state index contributed by atoms with van der Waals surface area (Å²) in [4.78, 5) is 40.1. The Hall–Kier alpha value is -4.19. The number of carbonyl (C=O) groups is 2. The van der Waals surface area contributed by atoms with Crippen LogP contribution in [-0.4, -0.2) is 11.8 Å². The van der Waals surface area contributed by atoms with Crippen LogP contribution < -0.4 is 15.1 Å². The average Bonchev–Trinajstić information content (AvgIpc) is 3.05. The number of hydrogen-bond donors (Lipinski definition) is 0. The number of aryl methyl sites for hydroxylation is 2. The van der Waals surface area contributed by atoms with Crippen molar-refractivity contribution in [2.75, 3.05) is 4.90 Å². The molecule has 1 aliphatic rings. The van der Waals surface area contributed by atoms with E-state index in [2.05, 4.69) is 0 Å². The molecule has 6 nitrogen and oxygen atoms in total. The lowest BCUT2D eigenvalue weighted by atomic mass is 10.1. The fourth-order valence-corrected chi connectivity index (χ4v) is 4.02. The van der Waals surface area contributed by atoms with Gasteiger partial charge in [-0.05, 0) is 43.7 Å². The van der Waals surface area contributed by atoms with Crippen LogP contribution in [0.1, 0.15) is 37.6 Å². The molecule has 0 saturated heterocycles. The van der Waals surface area contributed by atoms with Crippen LogP contribution in [0, 0.1) is 13.8 Å². The number of imide groups is 1. The van der Waals surface area contributed by atoms with E-state index in [9.17, 15) is 14.4 Å². The van der Waals surface area contributed by atoms with Gasteiger partial charge in [0, 0.05) is 5.56 Å². The van der Waals surface area contributed by atoms with E-state index in [4.69, 9.17) is 9.15 Å². The van der Waals surface area contributed by atoms with Crippen LogP contribution in [0.5, 0.6) is 5.75 Å². The molecule has 3 aromatic carbocycles. The van der Waals surface area contributed by atoms with Gasteiger partial charge < -0.3 is 9.15 Å². The van der Waals surface area contributed by atoms with Crippen molar-refractivity contribution in [3.63, 3.8) is 0 Å². The second-order valence-corrected chi connectivity index (χ2v) is 7.67. The maximum atomic E-state index is 13.4. The van der Waals surface area contributed by atoms with E-state index in [0.717, 1.165) is 10.5 Å². The molecule has 6 heteroatoms. The van der Waals surface area contributed by atoms with Gasteiger partial charge in [-0.15, -0.1) is 0 Å². The van der Waals surface area contributed by atoms with Crippen LogP contribution in [0.15, 0.2) is 75.9 Å². The SMILES string of the molecule is Cc1oc2c(C)c(OCc3ccccc3)ccc2c(=O)c1N1C(=O)c2ccccc2C1=O. The maximum Gasteiger partial charge on any atom is 0.266 e. The zero-order chi connectivity index (χ0) is 22.4. The van der Waals surface area contributed by atoms with Crippen molar-refractivity contribution >= 4 is 28.5 Å². The van der Waals surface area contributed by atoms with Crippen molar-refractivity contribution in [2.45, 2.75) is 20.5 Å². The molecule has 1 aliphatic heterocycles. The second-order valence-electron chi connectivity index (χ2n) is 7.67. The van der Waals surface area contributed by atoms with Crippen molar-refractivity contribution < 1.29 is 18.7 Å². The van der Waals surface area contributed by atoms with Gasteiger partial charge in [-0.25, -0.2) is 4.90 Å². The lowest BCUT2D eigenvalue weighted by Crippen LogP contribution is -2.34. The molecule has 0 bridgehead atoms. The maximum absolute atomic E-state index is 13.4. The van der Waals surface area contributed by atoms with Gasteiger partial charge in [0.05, 0.1) is 16.5 Å². The predicted molar refractivity (Wildman–Crippen MR) is 120 cm³/mol. The summed E-state index contributed by atoms with van der Waals surface area (Å²) < 4.78 is 11.9. The highest BCUT2D eigenvalue weighted by Gasteiger charge is 2.39. The summed E-state index contributed by atoms with van der Waals surface area (Å²) in [6, 6.07) is 19.6. The third kappa shape index (κ3) is 3.00. The van der Waals surface area contributed by atoms with Gasteiger partial charge in [0.25, 0.3) is 11.8 Å². The zero-order valence-corrected chi connectivity index (χ0v) is 17.5. The molecule has 4 aromatic rings. The van der Waals surface area contributed by atoms with E-state index in [1.54, 1.807) is 43.3 Å². The van der Waals surface area contributed by atoms with E-state index in [-0.39, 0.29) is 28.0 Å². The van der Waals surface area contributed by atoms with Gasteiger partial charge in [0.2, 0.25) is 5.43 Å². The first-order valence-corrected chi connectivity index (χ1v) is 10.2. The van der Waals surface area contributed by atoms with Gasteiger partial charge in [-0.2, -0.15) is 0 Å². The number of carbonyl (C=O) groups excluding carboxylic acids is 2. The minimum Gasteiger partial charge on any atom is -0.488 e. The number of amides is 2. The first-order chi connectivity index (χ1) is 15.5. The second kappa shape index (κ2) is 7.50. The summed E-state index contributed by atoms with van der Waals surface area (Å²) in [6.45, 7) is 3.77. The van der Waals surface area contributed by atoms with Crippen LogP contribution in [0.3, 0.4) is 0 Å². The molecule has 158 valence electrons. The lowest BCUT2D eigenvalue weighted by molar-refractivity contribution is 0.0925. The summed E-state index contributed by atoms with van der Waals surface area (Å²) in [5, 5.41) is 0.284. The molecule has 1 aromatic heterocycles. The average molecular weight is 425 g/mol. The van der Waals surface area contributed by atoms with Crippen LogP contribution in [-0.2, 0) is 6.61 Å². The quantitative estimate of drug-likeness (QED) is 0.440. The van der Waals surface area contributed by atoms with Gasteiger partial charge in [-0.1, -0.05) is 42.5 Å². The number of ether oxygens (including phenoxy) is 1. The summed E-state index contributed by atoms with van der Waals surface area (Å²) in [5.74, 6) is -0.266. The highest BCUT2D eigenvalue weighted by atomic mass is 16.5. The Labute approximate surface area is 183 Å². The number of fused-ring (bicyclic) bond motifs is 2. The van der Waals surface area contributed by atoms with Gasteiger partial charge in [0.15, 0.2) is 0 Å². The first-order valence-electron chi connectivity index (χ1n) is 10.2. The minimum absolute atomic E-state index is 0.0546. The Balaban J connectivity index is 1.57. The number of anilines is 1. The largest absolute Gasteiger partial charge is 0.488 e. The van der Waals surface area contributed by atoms with Crippen molar-refractivity contribution in [2.24, 2.45) is 0 Å². The first kappa shape index (κ1) is 19.8. The van der Waals surface area contributed by atoms with E-state index in [1.165, 1.54) is 0 Å². The third-order valence-corrected chi connectivity index (χ3v) is 5.66. The Bertz CT molecular complexity index is 1420. The number of benzene rings is 3. The van der Waals surface area contributed by atoms with E-state index < -0.39 is 17.2 Å². The Morgan fingerprint density at radius 1 is 0.812 bits per heavy atom. The molecule has 0 N–H and O–H groups in total. The Morgan fingerprint density at radius 3 is 2.09 bits per heavy atom. The molecule has 2 heterocycles. The topological polar surface area (TPSA) is 76.8 Å². The normalized spacial score (nSPS) is 13.0. The number of rotatable bonds is 4. The Kier molecular flexibility index (Phi) is 4.63. The lowest BCUT2D eigenvalue weighted by Gasteiger charge is -2.17. The molecule has 0 aliphatic carbocycles. The summed E-state index contributed by atoms with van der Waals surface area (Å²) in [7, 11) is 0. The van der Waals surface area contributed by atoms with E-state index in [1.807, 2.05) is 37.3 Å². The molecule has 5 rings (SSSR count). The highest BCUT2D eigenvalue weighted by Crippen LogP contribution is 2.33. The smallest absolute Gasteiger partial charge is 0.266 e. The molecule has 2 amide bonds. The molecule has 0 atom stereocenters. The number of hydrogen-bond acceptors (Lipinski definition) is 5. The predicted octanol–water partition coefficient (Wildman–Crippen LogP) is 4.79. The van der Waals surface area contributed by atoms with E-state index in [0.29, 0.717) is 23.5 Å². The summed E-state index contributed by atoms with van der Waals surface area (Å²) in [6.07, 6.45) is 0. The molecule has 0 spiro atoms. The monoisotopic (exact) mass is 425 g/mol. The van der Waals surface area contributed by atoms with Crippen LogP contribution in [0.4, 0.5) is 5.69 Å². The molecule has 0 unspecified atom stereocenters. The van der Waals surface area contributed by atoms with Gasteiger partial charge >= 0.3 is 0 Å². The Morgan fingerprint density at radius 2 is 1.44 bits per heavy atom. The minimum atomic E-state index is -0.528. The third-order valence-electron chi connectivity index (χ3n) is 5.66. The number of nitrogens with zero attached hydrogens (tertiary/aromatic N) is 1. The van der Waals surface area contributed by atoms with Gasteiger partial charge in [0.1, 0.15) is 29.4 Å². The van der Waals surface area contributed by atoms with Crippen molar-refractivity contribution in [1.29, 1.82) is 0 Å². The zero-order valence-electron chi connectivity index (χ0n) is 17.5. The van der Waals surface area contributed by atoms with Crippen LogP contribution in [0.2, 0.25) is 0 Å². The van der Waals surface area contributed by atoms with Crippen molar-refractivity contribution in [3.05, 3.63) is 105 Å². The van der Waals surface area contributed by atoms with Crippen molar-refractivity contribution in [1.82, 2.24) is 0 Å². The molecule has 0 saturated carbocycles. The molecular weight excluding hydrogens is 406 g/mol. The molecule has 0 radical (unpaired) electrons. The highest BCUT2D eigenvalue weighted by molar-refractivity contribution is 6.34. The van der Waals surface area contributed by atoms with E-state index >= 15 is 0 Å². The standard InChI is InChI=1S/C26H19NO5/c1-15-21(31-14-17-8-4-3-5-9-17)13-12-20-23(28)22(16(2)32-24(15)20)27-25(29)18-10-6-7-11-19(18)26(27)30/h3-13H,14H2,1-2H3. The molecular formula is C26H19NO5. The summed E-state index contributed by atoms with van der Waals surface area (Å²) in [5.41, 5.74) is 2.13. The van der Waals surface area contributed by atoms with Crippen molar-refractivity contribution in [3.8, 4) is 5.75 Å². The van der Waals surface area contributed by atoms with Crippen LogP contribution in [0.25, 0.3) is 11.0 Å². The van der Waals surface area contributed by atoms with Crippen LogP contribution >= 0.6 is 0 Å².